The minimum absolute atomic E-state index is 0.0458. The summed E-state index contributed by atoms with van der Waals surface area (Å²) in [4.78, 5) is 34.4. The number of β-lactam (4-membered cyclic amide) rings is 1. The summed E-state index contributed by atoms with van der Waals surface area (Å²) in [6.45, 7) is 3.09. The standard InChI is InChI=1S/C20H25N7O7S2/c1-20(2)15(18(29)27(20)36(30,31)32)25-17(28)14(13-10-35-19(23)24-13)26-34-9-3-8-33-12-6-4-11(5-7-12)16(21)22/h4-7,10,15H,3,8-9H2,1-2H3,(H3,21,22)(H2,23,24)(H,25,28)(H,30,31,32)/b26-14+/t15-/m1/s1. The van der Waals surface area contributed by atoms with Crippen LogP contribution in [-0.4, -0.2) is 70.4 Å². The lowest BCUT2D eigenvalue weighted by Gasteiger charge is -2.50. The van der Waals surface area contributed by atoms with E-state index in [1.54, 1.807) is 24.3 Å². The van der Waals surface area contributed by atoms with E-state index < -0.39 is 33.7 Å². The molecular formula is C20H25N7O7S2. The lowest BCUT2D eigenvalue weighted by atomic mass is 9.85. The number of nitrogens with two attached hydrogens (primary N) is 2. The second kappa shape index (κ2) is 10.5. The van der Waals surface area contributed by atoms with E-state index in [1.807, 2.05) is 0 Å². The Morgan fingerprint density at radius 3 is 2.53 bits per heavy atom. The normalized spacial score (nSPS) is 17.3. The molecule has 2 aromatic rings. The van der Waals surface area contributed by atoms with Crippen molar-refractivity contribution in [2.45, 2.75) is 31.8 Å². The molecule has 0 radical (unpaired) electrons. The Kier molecular flexibility index (Phi) is 7.80. The topological polar surface area (TPSA) is 223 Å². The molecule has 0 unspecified atom stereocenters. The first-order valence-corrected chi connectivity index (χ1v) is 12.7. The van der Waals surface area contributed by atoms with Crippen molar-refractivity contribution in [1.82, 2.24) is 14.6 Å². The second-order valence-corrected chi connectivity index (χ2v) is 10.3. The monoisotopic (exact) mass is 539 g/mol. The first-order chi connectivity index (χ1) is 16.8. The van der Waals surface area contributed by atoms with Gasteiger partial charge in [-0.3, -0.25) is 19.6 Å². The van der Waals surface area contributed by atoms with E-state index >= 15 is 0 Å². The van der Waals surface area contributed by atoms with Crippen LogP contribution in [0.25, 0.3) is 0 Å². The number of aromatic nitrogens is 1. The number of oxime groups is 1. The predicted octanol–water partition coefficient (Wildman–Crippen LogP) is 0.108. The number of nitrogen functional groups attached to an aromatic ring is 2. The molecular weight excluding hydrogens is 514 g/mol. The van der Waals surface area contributed by atoms with Crippen molar-refractivity contribution in [2.75, 3.05) is 18.9 Å². The van der Waals surface area contributed by atoms with Crippen LogP contribution in [0.3, 0.4) is 0 Å². The molecule has 7 N–H and O–H groups in total. The van der Waals surface area contributed by atoms with Crippen LogP contribution >= 0.6 is 11.3 Å². The third kappa shape index (κ3) is 5.89. The molecule has 1 aliphatic heterocycles. The zero-order chi connectivity index (χ0) is 26.7. The molecule has 2 amide bonds. The molecule has 1 aromatic carbocycles. The number of hydrogen-bond acceptors (Lipinski definition) is 11. The van der Waals surface area contributed by atoms with Gasteiger partial charge in [0.2, 0.25) is 0 Å². The largest absolute Gasteiger partial charge is 0.493 e. The number of nitrogens with zero attached hydrogens (tertiary/aromatic N) is 3. The Morgan fingerprint density at radius 1 is 1.33 bits per heavy atom. The molecule has 0 bridgehead atoms. The molecule has 1 fully saturated rings. The molecule has 2 heterocycles. The number of carbonyl (C=O) groups excluding carboxylic acids is 2. The molecule has 0 spiro atoms. The van der Waals surface area contributed by atoms with Gasteiger partial charge in [-0.25, -0.2) is 9.29 Å². The van der Waals surface area contributed by atoms with E-state index in [4.69, 9.17) is 26.5 Å². The summed E-state index contributed by atoms with van der Waals surface area (Å²) in [5.41, 5.74) is 10.1. The number of ether oxygens (including phenoxy) is 1. The summed E-state index contributed by atoms with van der Waals surface area (Å²) in [5.74, 6) is -1.31. The van der Waals surface area contributed by atoms with Crippen LogP contribution in [0, 0.1) is 5.41 Å². The van der Waals surface area contributed by atoms with Crippen molar-refractivity contribution < 1.29 is 32.1 Å². The van der Waals surface area contributed by atoms with Crippen molar-refractivity contribution >= 4 is 50.1 Å². The molecule has 1 aromatic heterocycles. The highest BCUT2D eigenvalue weighted by atomic mass is 32.2. The summed E-state index contributed by atoms with van der Waals surface area (Å²) in [6, 6.07) is 5.43. The molecule has 1 atom stereocenters. The molecule has 36 heavy (non-hydrogen) atoms. The van der Waals surface area contributed by atoms with Crippen LogP contribution in [0.15, 0.2) is 34.8 Å². The number of benzene rings is 1. The Balaban J connectivity index is 1.60. The molecule has 16 heteroatoms. The van der Waals surface area contributed by atoms with Crippen molar-refractivity contribution in [3.05, 3.63) is 40.9 Å². The van der Waals surface area contributed by atoms with Gasteiger partial charge in [0.1, 0.15) is 29.9 Å². The molecule has 194 valence electrons. The van der Waals surface area contributed by atoms with Gasteiger partial charge in [0.15, 0.2) is 10.8 Å². The predicted molar refractivity (Wildman–Crippen MR) is 131 cm³/mol. The molecule has 3 rings (SSSR count). The summed E-state index contributed by atoms with van der Waals surface area (Å²) in [6.07, 6.45) is 0.406. The highest BCUT2D eigenvalue weighted by Crippen LogP contribution is 2.34. The SMILES string of the molecule is CC1(C)[C@H](NC(=O)/C(=N/OCCCOc2ccc(C(=N)N)cc2)c2csc(N)n2)C(=O)N1S(=O)(=O)O. The number of amides is 2. The van der Waals surface area contributed by atoms with E-state index in [1.165, 1.54) is 19.2 Å². The minimum atomic E-state index is -4.79. The van der Waals surface area contributed by atoms with Gasteiger partial charge in [0.05, 0.1) is 12.1 Å². The number of hydrogen-bond donors (Lipinski definition) is 5. The van der Waals surface area contributed by atoms with Crippen LogP contribution in [0.4, 0.5) is 5.13 Å². The van der Waals surface area contributed by atoms with Crippen LogP contribution < -0.4 is 21.5 Å². The van der Waals surface area contributed by atoms with Crippen molar-refractivity contribution in [3.8, 4) is 5.75 Å². The van der Waals surface area contributed by atoms with Crippen molar-refractivity contribution in [1.29, 1.82) is 5.41 Å². The van der Waals surface area contributed by atoms with E-state index in [9.17, 15) is 22.6 Å². The first kappa shape index (κ1) is 26.8. The van der Waals surface area contributed by atoms with Crippen LogP contribution in [0.1, 0.15) is 31.5 Å². The maximum Gasteiger partial charge on any atom is 0.362 e. The number of thiazole rings is 1. The summed E-state index contributed by atoms with van der Waals surface area (Å²) >= 11 is 1.06. The lowest BCUT2D eigenvalue weighted by Crippen LogP contribution is -2.77. The molecule has 14 nitrogen and oxygen atoms in total. The first-order valence-electron chi connectivity index (χ1n) is 10.4. The van der Waals surface area contributed by atoms with Crippen molar-refractivity contribution in [2.24, 2.45) is 10.9 Å². The van der Waals surface area contributed by atoms with Gasteiger partial charge >= 0.3 is 10.3 Å². The summed E-state index contributed by atoms with van der Waals surface area (Å²) in [7, 11) is -4.79. The van der Waals surface area contributed by atoms with Gasteiger partial charge in [-0.15, -0.1) is 11.3 Å². The average molecular weight is 540 g/mol. The molecule has 1 aliphatic rings. The number of carbonyl (C=O) groups is 2. The fraction of sp³-hybridized carbons (Fsp3) is 0.350. The molecule has 1 saturated heterocycles. The average Bonchev–Trinajstić information content (AvgIpc) is 3.21. The van der Waals surface area contributed by atoms with Gasteiger partial charge in [0, 0.05) is 17.4 Å². The third-order valence-electron chi connectivity index (χ3n) is 5.13. The van der Waals surface area contributed by atoms with Gasteiger partial charge in [-0.05, 0) is 38.1 Å². The van der Waals surface area contributed by atoms with E-state index in [2.05, 4.69) is 15.5 Å². The van der Waals surface area contributed by atoms with Crippen LogP contribution in [0.2, 0.25) is 0 Å². The van der Waals surface area contributed by atoms with Crippen LogP contribution in [0.5, 0.6) is 5.75 Å². The third-order valence-corrected chi connectivity index (χ3v) is 6.92. The van der Waals surface area contributed by atoms with Gasteiger partial charge in [-0.1, -0.05) is 5.16 Å². The maximum atomic E-state index is 12.9. The Hall–Kier alpha value is -3.76. The van der Waals surface area contributed by atoms with Gasteiger partial charge in [-0.2, -0.15) is 8.42 Å². The quantitative estimate of drug-likeness (QED) is 0.0647. The maximum absolute atomic E-state index is 12.9. The number of rotatable bonds is 11. The lowest BCUT2D eigenvalue weighted by molar-refractivity contribution is -0.151. The summed E-state index contributed by atoms with van der Waals surface area (Å²) in [5, 5.41) is 15.3. The smallest absolute Gasteiger partial charge is 0.362 e. The summed E-state index contributed by atoms with van der Waals surface area (Å²) < 4.78 is 38.0. The Labute approximate surface area is 210 Å². The zero-order valence-corrected chi connectivity index (χ0v) is 20.9. The highest BCUT2D eigenvalue weighted by molar-refractivity contribution is 7.84. The van der Waals surface area contributed by atoms with E-state index in [0.29, 0.717) is 17.7 Å². The Bertz CT molecular complexity index is 1290. The fourth-order valence-corrected chi connectivity index (χ4v) is 4.94. The number of amidine groups is 1. The van der Waals surface area contributed by atoms with Crippen LogP contribution in [-0.2, 0) is 24.7 Å². The zero-order valence-electron chi connectivity index (χ0n) is 19.3. The second-order valence-electron chi connectivity index (χ2n) is 8.12. The highest BCUT2D eigenvalue weighted by Gasteiger charge is 2.60. The van der Waals surface area contributed by atoms with E-state index in [-0.39, 0.29) is 39.9 Å². The fourth-order valence-electron chi connectivity index (χ4n) is 3.36. The van der Waals surface area contributed by atoms with Crippen molar-refractivity contribution in [3.63, 3.8) is 0 Å². The Morgan fingerprint density at radius 2 is 2.00 bits per heavy atom. The van der Waals surface area contributed by atoms with E-state index in [0.717, 1.165) is 11.3 Å². The molecule has 0 aliphatic carbocycles. The van der Waals surface area contributed by atoms with Gasteiger partial charge < -0.3 is 26.4 Å². The number of anilines is 1. The minimum Gasteiger partial charge on any atom is -0.493 e. The number of nitrogens with one attached hydrogen (secondary N) is 2. The molecule has 0 saturated carbocycles. The van der Waals surface area contributed by atoms with Gasteiger partial charge in [0.25, 0.3) is 11.8 Å².